The molecule has 0 aliphatic heterocycles. The SMILES string of the molecule is C=C/C=C(/CC)CN(N)CC(C)C. The molecule has 0 bridgehead atoms. The van der Waals surface area contributed by atoms with Gasteiger partial charge < -0.3 is 0 Å². The van der Waals surface area contributed by atoms with Crippen molar-refractivity contribution in [3.63, 3.8) is 0 Å². The van der Waals surface area contributed by atoms with Gasteiger partial charge >= 0.3 is 0 Å². The summed E-state index contributed by atoms with van der Waals surface area (Å²) < 4.78 is 0. The molecule has 0 spiro atoms. The van der Waals surface area contributed by atoms with E-state index in [1.165, 1.54) is 5.57 Å². The second-order valence-electron chi connectivity index (χ2n) is 3.74. The fourth-order valence-electron chi connectivity index (χ4n) is 1.24. The van der Waals surface area contributed by atoms with Crippen molar-refractivity contribution in [1.29, 1.82) is 0 Å². The molecule has 0 radical (unpaired) electrons. The summed E-state index contributed by atoms with van der Waals surface area (Å²) in [6, 6.07) is 0. The predicted octanol–water partition coefficient (Wildman–Crippen LogP) is 2.34. The number of nitrogens with zero attached hydrogens (tertiary/aromatic N) is 1. The van der Waals surface area contributed by atoms with Gasteiger partial charge in [-0.25, -0.2) is 5.01 Å². The fourth-order valence-corrected chi connectivity index (χ4v) is 1.24. The summed E-state index contributed by atoms with van der Waals surface area (Å²) in [4.78, 5) is 0. The second-order valence-corrected chi connectivity index (χ2v) is 3.74. The van der Waals surface area contributed by atoms with E-state index in [1.54, 1.807) is 0 Å². The molecule has 2 heteroatoms. The van der Waals surface area contributed by atoms with Crippen LogP contribution in [0.4, 0.5) is 0 Å². The number of allylic oxidation sites excluding steroid dienone is 2. The van der Waals surface area contributed by atoms with Crippen molar-refractivity contribution in [2.24, 2.45) is 11.8 Å². The Morgan fingerprint density at radius 3 is 2.54 bits per heavy atom. The third-order valence-electron chi connectivity index (χ3n) is 1.81. The lowest BCUT2D eigenvalue weighted by molar-refractivity contribution is 0.270. The minimum atomic E-state index is 0.617. The van der Waals surface area contributed by atoms with Crippen LogP contribution in [-0.2, 0) is 0 Å². The zero-order valence-corrected chi connectivity index (χ0v) is 9.09. The largest absolute Gasteiger partial charge is 0.268 e. The minimum absolute atomic E-state index is 0.617. The van der Waals surface area contributed by atoms with Crippen LogP contribution in [0.15, 0.2) is 24.3 Å². The second kappa shape index (κ2) is 6.87. The van der Waals surface area contributed by atoms with Crippen molar-refractivity contribution in [3.05, 3.63) is 24.3 Å². The van der Waals surface area contributed by atoms with E-state index in [1.807, 2.05) is 17.2 Å². The number of rotatable bonds is 6. The van der Waals surface area contributed by atoms with E-state index >= 15 is 0 Å². The Bertz CT molecular complexity index is 171. The maximum absolute atomic E-state index is 5.84. The first-order valence-electron chi connectivity index (χ1n) is 4.90. The molecule has 0 rings (SSSR count). The van der Waals surface area contributed by atoms with Gasteiger partial charge in [-0.1, -0.05) is 45.1 Å². The molecule has 13 heavy (non-hydrogen) atoms. The van der Waals surface area contributed by atoms with Crippen molar-refractivity contribution in [3.8, 4) is 0 Å². The lowest BCUT2D eigenvalue weighted by Gasteiger charge is -2.19. The first kappa shape index (κ1) is 12.4. The fraction of sp³-hybridized carbons (Fsp3) is 0.636. The van der Waals surface area contributed by atoms with Gasteiger partial charge in [0.2, 0.25) is 0 Å². The lowest BCUT2D eigenvalue weighted by Crippen LogP contribution is -2.35. The molecule has 0 aromatic heterocycles. The van der Waals surface area contributed by atoms with Gasteiger partial charge in [-0.3, -0.25) is 5.84 Å². The summed E-state index contributed by atoms with van der Waals surface area (Å²) >= 11 is 0. The van der Waals surface area contributed by atoms with Crippen LogP contribution >= 0.6 is 0 Å². The molecule has 0 aliphatic carbocycles. The molecule has 0 heterocycles. The Hall–Kier alpha value is -0.600. The standard InChI is InChI=1S/C11H22N2/c1-5-7-11(6-2)9-13(12)8-10(3)4/h5,7,10H,1,6,8-9,12H2,2-4H3/b11-7-. The summed E-state index contributed by atoms with van der Waals surface area (Å²) in [6.07, 6.45) is 4.90. The third-order valence-corrected chi connectivity index (χ3v) is 1.81. The highest BCUT2D eigenvalue weighted by Crippen LogP contribution is 2.03. The smallest absolute Gasteiger partial charge is 0.0341 e. The number of hydrogen-bond donors (Lipinski definition) is 1. The van der Waals surface area contributed by atoms with E-state index in [0.29, 0.717) is 5.92 Å². The zero-order valence-electron chi connectivity index (χ0n) is 9.09. The average molecular weight is 182 g/mol. The van der Waals surface area contributed by atoms with Gasteiger partial charge in [0.1, 0.15) is 0 Å². The number of nitrogens with two attached hydrogens (primary N) is 1. The average Bonchev–Trinajstić information content (AvgIpc) is 2.02. The summed E-state index contributed by atoms with van der Waals surface area (Å²) in [6.45, 7) is 11.9. The molecule has 0 aromatic carbocycles. The molecule has 76 valence electrons. The van der Waals surface area contributed by atoms with Crippen LogP contribution in [0.3, 0.4) is 0 Å². The van der Waals surface area contributed by atoms with Crippen molar-refractivity contribution in [1.82, 2.24) is 5.01 Å². The summed E-state index contributed by atoms with van der Waals surface area (Å²) in [5, 5.41) is 1.86. The van der Waals surface area contributed by atoms with Gasteiger partial charge in [0.25, 0.3) is 0 Å². The highest BCUT2D eigenvalue weighted by molar-refractivity contribution is 5.11. The molecule has 0 saturated carbocycles. The van der Waals surface area contributed by atoms with Crippen LogP contribution in [-0.4, -0.2) is 18.1 Å². The van der Waals surface area contributed by atoms with Crippen LogP contribution in [0.5, 0.6) is 0 Å². The maximum atomic E-state index is 5.84. The van der Waals surface area contributed by atoms with Gasteiger partial charge in [0.15, 0.2) is 0 Å². The highest BCUT2D eigenvalue weighted by Gasteiger charge is 2.03. The first-order chi connectivity index (χ1) is 6.10. The van der Waals surface area contributed by atoms with Crippen molar-refractivity contribution in [2.45, 2.75) is 27.2 Å². The number of hydrogen-bond acceptors (Lipinski definition) is 2. The minimum Gasteiger partial charge on any atom is -0.268 e. The van der Waals surface area contributed by atoms with Crippen LogP contribution in [0.1, 0.15) is 27.2 Å². The Morgan fingerprint density at radius 1 is 1.54 bits per heavy atom. The molecular formula is C11H22N2. The summed E-state index contributed by atoms with van der Waals surface area (Å²) in [5.41, 5.74) is 1.33. The molecule has 0 fully saturated rings. The molecule has 0 aliphatic rings. The molecule has 2 N–H and O–H groups in total. The summed E-state index contributed by atoms with van der Waals surface area (Å²) in [5.74, 6) is 6.46. The molecule has 0 unspecified atom stereocenters. The van der Waals surface area contributed by atoms with E-state index in [2.05, 4.69) is 27.4 Å². The van der Waals surface area contributed by atoms with E-state index in [-0.39, 0.29) is 0 Å². The number of hydrazine groups is 1. The van der Waals surface area contributed by atoms with Crippen molar-refractivity contribution in [2.75, 3.05) is 13.1 Å². The first-order valence-corrected chi connectivity index (χ1v) is 4.90. The topological polar surface area (TPSA) is 29.3 Å². The summed E-state index contributed by atoms with van der Waals surface area (Å²) in [7, 11) is 0. The molecule has 2 nitrogen and oxygen atoms in total. The zero-order chi connectivity index (χ0) is 10.3. The van der Waals surface area contributed by atoms with E-state index in [4.69, 9.17) is 5.84 Å². The van der Waals surface area contributed by atoms with Crippen LogP contribution < -0.4 is 5.84 Å². The molecule has 0 aromatic rings. The molecular weight excluding hydrogens is 160 g/mol. The molecule has 0 saturated heterocycles. The lowest BCUT2D eigenvalue weighted by atomic mass is 10.1. The van der Waals surface area contributed by atoms with Crippen LogP contribution in [0.25, 0.3) is 0 Å². The van der Waals surface area contributed by atoms with Crippen molar-refractivity contribution < 1.29 is 0 Å². The van der Waals surface area contributed by atoms with Gasteiger partial charge in [-0.2, -0.15) is 0 Å². The quantitative estimate of drug-likeness (QED) is 0.388. The Labute approximate surface area is 82.1 Å². The van der Waals surface area contributed by atoms with E-state index in [9.17, 15) is 0 Å². The highest BCUT2D eigenvalue weighted by atomic mass is 15.4. The normalized spacial score (nSPS) is 12.6. The monoisotopic (exact) mass is 182 g/mol. The van der Waals surface area contributed by atoms with Crippen LogP contribution in [0, 0.1) is 5.92 Å². The van der Waals surface area contributed by atoms with Crippen LogP contribution in [0.2, 0.25) is 0 Å². The Balaban J connectivity index is 3.93. The van der Waals surface area contributed by atoms with Gasteiger partial charge in [0.05, 0.1) is 0 Å². The van der Waals surface area contributed by atoms with Gasteiger partial charge in [-0.05, 0) is 12.3 Å². The molecule has 0 atom stereocenters. The maximum Gasteiger partial charge on any atom is 0.0341 e. The Morgan fingerprint density at radius 2 is 2.15 bits per heavy atom. The van der Waals surface area contributed by atoms with E-state index in [0.717, 1.165) is 19.5 Å². The predicted molar refractivity (Wildman–Crippen MR) is 59.2 cm³/mol. The van der Waals surface area contributed by atoms with Crippen molar-refractivity contribution >= 4 is 0 Å². The Kier molecular flexibility index (Phi) is 6.55. The van der Waals surface area contributed by atoms with Gasteiger partial charge in [-0.15, -0.1) is 0 Å². The van der Waals surface area contributed by atoms with E-state index < -0.39 is 0 Å². The third kappa shape index (κ3) is 6.55. The molecule has 0 amide bonds. The van der Waals surface area contributed by atoms with Gasteiger partial charge in [0, 0.05) is 13.1 Å².